The van der Waals surface area contributed by atoms with Crippen LogP contribution in [0.1, 0.15) is 29.8 Å². The van der Waals surface area contributed by atoms with E-state index in [1.54, 1.807) is 31.4 Å². The summed E-state index contributed by atoms with van der Waals surface area (Å²) in [5.74, 6) is 0.445. The van der Waals surface area contributed by atoms with Gasteiger partial charge in [0.2, 0.25) is 0 Å². The number of nitrogens with one attached hydrogen (secondary N) is 1. The van der Waals surface area contributed by atoms with Gasteiger partial charge in [0, 0.05) is 22.3 Å². The maximum absolute atomic E-state index is 12.1. The summed E-state index contributed by atoms with van der Waals surface area (Å²) in [7, 11) is 1.57. The third-order valence-corrected chi connectivity index (χ3v) is 3.91. The molecule has 1 amide bonds. The molecule has 2 aromatic carbocycles. The quantitative estimate of drug-likeness (QED) is 0.737. The van der Waals surface area contributed by atoms with Crippen LogP contribution in [-0.2, 0) is 0 Å². The predicted octanol–water partition coefficient (Wildman–Crippen LogP) is 5.70. The van der Waals surface area contributed by atoms with Crippen molar-refractivity contribution in [3.05, 3.63) is 57.0 Å². The van der Waals surface area contributed by atoms with Crippen LogP contribution in [0.4, 0.5) is 5.69 Å². The zero-order chi connectivity index (χ0) is 16.7. The van der Waals surface area contributed by atoms with Gasteiger partial charge in [-0.15, -0.1) is 0 Å². The van der Waals surface area contributed by atoms with E-state index in [4.69, 9.17) is 16.3 Å². The molecule has 0 heterocycles. The lowest BCUT2D eigenvalue weighted by atomic mass is 10.1. The van der Waals surface area contributed by atoms with E-state index < -0.39 is 0 Å². The Kier molecular flexibility index (Phi) is 7.42. The minimum absolute atomic E-state index is 0.212. The summed E-state index contributed by atoms with van der Waals surface area (Å²) in [6.45, 7) is 5.89. The topological polar surface area (TPSA) is 38.3 Å². The van der Waals surface area contributed by atoms with Crippen LogP contribution in [0.15, 0.2) is 40.9 Å². The maximum atomic E-state index is 12.1. The van der Waals surface area contributed by atoms with Gasteiger partial charge in [0.05, 0.1) is 11.6 Å². The number of anilines is 1. The molecule has 0 aromatic heterocycles. The van der Waals surface area contributed by atoms with Crippen molar-refractivity contribution in [3.8, 4) is 5.75 Å². The molecule has 3 nitrogen and oxygen atoms in total. The third kappa shape index (κ3) is 4.75. The molecule has 0 unspecified atom stereocenters. The molecule has 0 fully saturated rings. The smallest absolute Gasteiger partial charge is 0.255 e. The van der Waals surface area contributed by atoms with E-state index in [0.29, 0.717) is 22.0 Å². The first-order valence-corrected chi connectivity index (χ1v) is 8.09. The number of hydrogen-bond donors (Lipinski definition) is 1. The number of amides is 1. The number of halogens is 2. The summed E-state index contributed by atoms with van der Waals surface area (Å²) in [4.78, 5) is 12.1. The highest BCUT2D eigenvalue weighted by atomic mass is 79.9. The highest BCUT2D eigenvalue weighted by molar-refractivity contribution is 9.10. The molecule has 5 heteroatoms. The van der Waals surface area contributed by atoms with Gasteiger partial charge in [0.1, 0.15) is 5.75 Å². The van der Waals surface area contributed by atoms with Crippen molar-refractivity contribution in [3.63, 3.8) is 0 Å². The number of rotatable bonds is 3. The van der Waals surface area contributed by atoms with Crippen LogP contribution in [0.3, 0.4) is 0 Å². The van der Waals surface area contributed by atoms with Gasteiger partial charge in [0.15, 0.2) is 0 Å². The summed E-state index contributed by atoms with van der Waals surface area (Å²) in [6, 6.07) is 10.6. The average molecular weight is 385 g/mol. The summed E-state index contributed by atoms with van der Waals surface area (Å²) in [5, 5.41) is 3.38. The molecule has 118 valence electrons. The van der Waals surface area contributed by atoms with Crippen molar-refractivity contribution in [2.45, 2.75) is 20.8 Å². The largest absolute Gasteiger partial charge is 0.495 e. The van der Waals surface area contributed by atoms with Gasteiger partial charge >= 0.3 is 0 Å². The SMILES string of the molecule is CC.COc1cc(NC(=O)c2ccc(C)c(Cl)c2)ccc1Br. The molecule has 0 aliphatic carbocycles. The van der Waals surface area contributed by atoms with Crippen LogP contribution in [0.5, 0.6) is 5.75 Å². The Morgan fingerprint density at radius 3 is 2.45 bits per heavy atom. The predicted molar refractivity (Wildman–Crippen MR) is 96.2 cm³/mol. The van der Waals surface area contributed by atoms with Crippen LogP contribution < -0.4 is 10.1 Å². The molecule has 0 radical (unpaired) electrons. The lowest BCUT2D eigenvalue weighted by molar-refractivity contribution is 0.102. The average Bonchev–Trinajstić information content (AvgIpc) is 2.53. The molecule has 0 saturated heterocycles. The van der Waals surface area contributed by atoms with Gasteiger partial charge in [-0.3, -0.25) is 4.79 Å². The van der Waals surface area contributed by atoms with E-state index in [1.807, 2.05) is 32.9 Å². The van der Waals surface area contributed by atoms with Crippen molar-refractivity contribution in [1.29, 1.82) is 0 Å². The minimum atomic E-state index is -0.212. The van der Waals surface area contributed by atoms with Gasteiger partial charge in [-0.2, -0.15) is 0 Å². The molecule has 2 aromatic rings. The van der Waals surface area contributed by atoms with Crippen molar-refractivity contribution >= 4 is 39.1 Å². The molecule has 0 aliphatic rings. The van der Waals surface area contributed by atoms with Crippen molar-refractivity contribution in [2.24, 2.45) is 0 Å². The summed E-state index contributed by atoms with van der Waals surface area (Å²) >= 11 is 9.39. The van der Waals surface area contributed by atoms with Crippen molar-refractivity contribution in [2.75, 3.05) is 12.4 Å². The first kappa shape index (κ1) is 18.5. The van der Waals surface area contributed by atoms with Crippen LogP contribution in [0.2, 0.25) is 5.02 Å². The fourth-order valence-electron chi connectivity index (χ4n) is 1.67. The van der Waals surface area contributed by atoms with E-state index in [2.05, 4.69) is 21.2 Å². The van der Waals surface area contributed by atoms with E-state index in [9.17, 15) is 4.79 Å². The van der Waals surface area contributed by atoms with Gasteiger partial charge in [0.25, 0.3) is 5.91 Å². The second-order valence-electron chi connectivity index (χ2n) is 4.27. The van der Waals surface area contributed by atoms with Crippen LogP contribution in [0.25, 0.3) is 0 Å². The highest BCUT2D eigenvalue weighted by Gasteiger charge is 2.09. The van der Waals surface area contributed by atoms with E-state index in [0.717, 1.165) is 10.0 Å². The maximum Gasteiger partial charge on any atom is 0.255 e. The van der Waals surface area contributed by atoms with E-state index >= 15 is 0 Å². The van der Waals surface area contributed by atoms with Crippen LogP contribution in [0, 0.1) is 6.92 Å². The minimum Gasteiger partial charge on any atom is -0.495 e. The number of aryl methyl sites for hydroxylation is 1. The molecule has 0 aliphatic heterocycles. The Morgan fingerprint density at radius 1 is 1.18 bits per heavy atom. The van der Waals surface area contributed by atoms with E-state index in [-0.39, 0.29) is 5.91 Å². The summed E-state index contributed by atoms with van der Waals surface area (Å²) in [6.07, 6.45) is 0. The molecule has 0 spiro atoms. The fraction of sp³-hybridized carbons (Fsp3) is 0.235. The lowest BCUT2D eigenvalue weighted by Gasteiger charge is -2.09. The normalized spacial score (nSPS) is 9.55. The highest BCUT2D eigenvalue weighted by Crippen LogP contribution is 2.28. The Hall–Kier alpha value is -1.52. The molecular formula is C17H19BrClNO2. The lowest BCUT2D eigenvalue weighted by Crippen LogP contribution is -2.12. The third-order valence-electron chi connectivity index (χ3n) is 2.84. The summed E-state index contributed by atoms with van der Waals surface area (Å²) in [5.41, 5.74) is 2.11. The number of benzene rings is 2. The van der Waals surface area contributed by atoms with Crippen molar-refractivity contribution < 1.29 is 9.53 Å². The molecule has 0 saturated carbocycles. The first-order chi connectivity index (χ1) is 10.5. The number of methoxy groups -OCH3 is 1. The number of carbonyl (C=O) groups is 1. The zero-order valence-electron chi connectivity index (χ0n) is 13.0. The molecule has 2 rings (SSSR count). The van der Waals surface area contributed by atoms with Crippen LogP contribution in [-0.4, -0.2) is 13.0 Å². The van der Waals surface area contributed by atoms with E-state index in [1.165, 1.54) is 0 Å². The second-order valence-corrected chi connectivity index (χ2v) is 5.53. The molecule has 1 N–H and O–H groups in total. The first-order valence-electron chi connectivity index (χ1n) is 6.92. The van der Waals surface area contributed by atoms with Crippen molar-refractivity contribution in [1.82, 2.24) is 0 Å². The Labute approximate surface area is 144 Å². The standard InChI is InChI=1S/C15H13BrClNO2.C2H6/c1-9-3-4-10(7-13(9)17)15(19)18-11-5-6-12(16)14(8-11)20-2;1-2/h3-8H,1-2H3,(H,18,19);1-2H3. The monoisotopic (exact) mass is 383 g/mol. The second kappa shape index (κ2) is 8.81. The number of carbonyl (C=O) groups excluding carboxylic acids is 1. The van der Waals surface area contributed by atoms with Gasteiger partial charge < -0.3 is 10.1 Å². The molecule has 22 heavy (non-hydrogen) atoms. The molecule has 0 atom stereocenters. The van der Waals surface area contributed by atoms with Gasteiger partial charge in [-0.25, -0.2) is 0 Å². The van der Waals surface area contributed by atoms with Gasteiger partial charge in [-0.1, -0.05) is 31.5 Å². The zero-order valence-corrected chi connectivity index (χ0v) is 15.4. The number of ether oxygens (including phenoxy) is 1. The molecule has 0 bridgehead atoms. The fourth-order valence-corrected chi connectivity index (χ4v) is 2.26. The Bertz CT molecular complexity index is 659. The van der Waals surface area contributed by atoms with Crippen LogP contribution >= 0.6 is 27.5 Å². The summed E-state index contributed by atoms with van der Waals surface area (Å²) < 4.78 is 6.02. The Morgan fingerprint density at radius 2 is 1.86 bits per heavy atom. The number of hydrogen-bond acceptors (Lipinski definition) is 2. The van der Waals surface area contributed by atoms with Gasteiger partial charge in [-0.05, 0) is 52.7 Å². The molecular weight excluding hydrogens is 366 g/mol. The Balaban J connectivity index is 0.00000116.